The van der Waals surface area contributed by atoms with Crippen molar-refractivity contribution in [2.75, 3.05) is 31.5 Å². The van der Waals surface area contributed by atoms with Crippen LogP contribution >= 0.6 is 11.6 Å². The molecule has 3 heteroatoms. The molecule has 2 nitrogen and oxygen atoms in total. The number of hydrogen-bond acceptors (Lipinski definition) is 2. The van der Waals surface area contributed by atoms with Crippen molar-refractivity contribution in [1.29, 1.82) is 0 Å². The van der Waals surface area contributed by atoms with Crippen LogP contribution in [0, 0.1) is 5.41 Å². The Balaban J connectivity index is 1.75. The lowest BCUT2D eigenvalue weighted by Gasteiger charge is -2.23. The first-order chi connectivity index (χ1) is 9.07. The molecule has 0 amide bonds. The number of halogens is 1. The molecule has 0 saturated carbocycles. The van der Waals surface area contributed by atoms with Crippen molar-refractivity contribution in [1.82, 2.24) is 4.90 Å². The van der Waals surface area contributed by atoms with Crippen molar-refractivity contribution in [3.63, 3.8) is 0 Å². The average molecular weight is 281 g/mol. The van der Waals surface area contributed by atoms with Gasteiger partial charge < -0.3 is 10.2 Å². The van der Waals surface area contributed by atoms with E-state index < -0.39 is 0 Å². The zero-order valence-corrected chi connectivity index (χ0v) is 12.8. The van der Waals surface area contributed by atoms with Crippen molar-refractivity contribution in [2.45, 2.75) is 33.1 Å². The van der Waals surface area contributed by atoms with E-state index in [0.717, 1.165) is 23.8 Å². The maximum Gasteiger partial charge on any atom is 0.0637 e. The molecular weight excluding hydrogens is 256 g/mol. The third kappa shape index (κ3) is 4.70. The summed E-state index contributed by atoms with van der Waals surface area (Å²) in [6, 6.07) is 7.94. The topological polar surface area (TPSA) is 15.3 Å². The van der Waals surface area contributed by atoms with Gasteiger partial charge in [0.05, 0.1) is 10.7 Å². The van der Waals surface area contributed by atoms with Gasteiger partial charge >= 0.3 is 0 Å². The molecule has 1 aromatic carbocycles. The van der Waals surface area contributed by atoms with Gasteiger partial charge in [0.2, 0.25) is 0 Å². The Morgan fingerprint density at radius 3 is 2.79 bits per heavy atom. The lowest BCUT2D eigenvalue weighted by atomic mass is 9.85. The number of benzene rings is 1. The van der Waals surface area contributed by atoms with Crippen LogP contribution in [0.1, 0.15) is 33.1 Å². The summed E-state index contributed by atoms with van der Waals surface area (Å²) in [5.41, 5.74) is 1.56. The fourth-order valence-corrected chi connectivity index (χ4v) is 2.86. The molecule has 1 N–H and O–H groups in total. The van der Waals surface area contributed by atoms with E-state index in [4.69, 9.17) is 11.6 Å². The third-order valence-electron chi connectivity index (χ3n) is 4.05. The SMILES string of the molecule is CC1(C)CCCN(CCNc2ccccc2Cl)CC1. The second-order valence-corrected chi connectivity index (χ2v) is 6.67. The van der Waals surface area contributed by atoms with E-state index >= 15 is 0 Å². The first-order valence-corrected chi connectivity index (χ1v) is 7.65. The molecule has 1 aromatic rings. The summed E-state index contributed by atoms with van der Waals surface area (Å²) in [6.07, 6.45) is 3.97. The van der Waals surface area contributed by atoms with Gasteiger partial charge in [0.15, 0.2) is 0 Å². The quantitative estimate of drug-likeness (QED) is 0.886. The molecule has 0 atom stereocenters. The molecule has 0 radical (unpaired) electrons. The summed E-state index contributed by atoms with van der Waals surface area (Å²) >= 11 is 6.13. The van der Waals surface area contributed by atoms with Gasteiger partial charge in [0.1, 0.15) is 0 Å². The van der Waals surface area contributed by atoms with Crippen molar-refractivity contribution in [2.24, 2.45) is 5.41 Å². The predicted octanol–water partition coefficient (Wildman–Crippen LogP) is 4.26. The molecule has 1 fully saturated rings. The zero-order valence-electron chi connectivity index (χ0n) is 12.1. The number of likely N-dealkylation sites (tertiary alicyclic amines) is 1. The molecule has 1 heterocycles. The fraction of sp³-hybridized carbons (Fsp3) is 0.625. The minimum atomic E-state index is 0.519. The normalized spacial score (nSPS) is 19.9. The summed E-state index contributed by atoms with van der Waals surface area (Å²) in [6.45, 7) is 9.29. The Morgan fingerprint density at radius 2 is 2.00 bits per heavy atom. The minimum absolute atomic E-state index is 0.519. The highest BCUT2D eigenvalue weighted by Crippen LogP contribution is 2.29. The smallest absolute Gasteiger partial charge is 0.0637 e. The molecule has 1 aliphatic heterocycles. The molecule has 0 spiro atoms. The average Bonchev–Trinajstić information content (AvgIpc) is 2.53. The zero-order chi connectivity index (χ0) is 13.7. The fourth-order valence-electron chi connectivity index (χ4n) is 2.66. The monoisotopic (exact) mass is 280 g/mol. The van der Waals surface area contributed by atoms with Crippen molar-refractivity contribution < 1.29 is 0 Å². The molecular formula is C16H25ClN2. The highest BCUT2D eigenvalue weighted by Gasteiger charge is 2.22. The van der Waals surface area contributed by atoms with Crippen LogP contribution < -0.4 is 5.32 Å². The maximum atomic E-state index is 6.13. The van der Waals surface area contributed by atoms with Gasteiger partial charge in [-0.15, -0.1) is 0 Å². The van der Waals surface area contributed by atoms with Crippen LogP contribution in [0.3, 0.4) is 0 Å². The highest BCUT2D eigenvalue weighted by atomic mass is 35.5. The standard InChI is InChI=1S/C16H25ClN2/c1-16(2)8-5-11-19(12-9-16)13-10-18-15-7-4-3-6-14(15)17/h3-4,6-7,18H,5,8-13H2,1-2H3. The summed E-state index contributed by atoms with van der Waals surface area (Å²) in [7, 11) is 0. The molecule has 1 saturated heterocycles. The predicted molar refractivity (Wildman–Crippen MR) is 84.0 cm³/mol. The van der Waals surface area contributed by atoms with Gasteiger partial charge in [-0.1, -0.05) is 37.6 Å². The third-order valence-corrected chi connectivity index (χ3v) is 4.38. The molecule has 1 aliphatic rings. The Morgan fingerprint density at radius 1 is 1.21 bits per heavy atom. The van der Waals surface area contributed by atoms with E-state index in [0.29, 0.717) is 5.41 Å². The van der Waals surface area contributed by atoms with E-state index in [2.05, 4.69) is 24.1 Å². The molecule has 0 aliphatic carbocycles. The molecule has 106 valence electrons. The highest BCUT2D eigenvalue weighted by molar-refractivity contribution is 6.33. The second kappa shape index (κ2) is 6.62. The van der Waals surface area contributed by atoms with Crippen LogP contribution in [-0.4, -0.2) is 31.1 Å². The van der Waals surface area contributed by atoms with Gasteiger partial charge in [-0.05, 0) is 49.9 Å². The Bertz CT molecular complexity index is 403. The van der Waals surface area contributed by atoms with Gasteiger partial charge in [-0.25, -0.2) is 0 Å². The first-order valence-electron chi connectivity index (χ1n) is 7.28. The molecule has 2 rings (SSSR count). The number of para-hydroxylation sites is 1. The lowest BCUT2D eigenvalue weighted by molar-refractivity contribution is 0.269. The van der Waals surface area contributed by atoms with E-state index in [1.165, 1.54) is 32.4 Å². The molecule has 0 bridgehead atoms. The van der Waals surface area contributed by atoms with E-state index in [9.17, 15) is 0 Å². The van der Waals surface area contributed by atoms with Crippen LogP contribution in [-0.2, 0) is 0 Å². The van der Waals surface area contributed by atoms with Crippen molar-refractivity contribution >= 4 is 17.3 Å². The minimum Gasteiger partial charge on any atom is -0.383 e. The van der Waals surface area contributed by atoms with Gasteiger partial charge in [0.25, 0.3) is 0 Å². The lowest BCUT2D eigenvalue weighted by Crippen LogP contribution is -2.30. The first kappa shape index (κ1) is 14.7. The summed E-state index contributed by atoms with van der Waals surface area (Å²) in [4.78, 5) is 2.57. The van der Waals surface area contributed by atoms with Gasteiger partial charge in [-0.3, -0.25) is 0 Å². The number of anilines is 1. The summed E-state index contributed by atoms with van der Waals surface area (Å²) in [5.74, 6) is 0. The number of nitrogens with zero attached hydrogens (tertiary/aromatic N) is 1. The number of nitrogens with one attached hydrogen (secondary N) is 1. The van der Waals surface area contributed by atoms with Crippen LogP contribution in [0.15, 0.2) is 24.3 Å². The number of hydrogen-bond donors (Lipinski definition) is 1. The van der Waals surface area contributed by atoms with Gasteiger partial charge in [-0.2, -0.15) is 0 Å². The van der Waals surface area contributed by atoms with E-state index in [1.54, 1.807) is 0 Å². The maximum absolute atomic E-state index is 6.13. The molecule has 19 heavy (non-hydrogen) atoms. The largest absolute Gasteiger partial charge is 0.383 e. The van der Waals surface area contributed by atoms with Crippen LogP contribution in [0.2, 0.25) is 5.02 Å². The Hall–Kier alpha value is -0.730. The van der Waals surface area contributed by atoms with Crippen molar-refractivity contribution in [3.8, 4) is 0 Å². The Labute approximate surface area is 122 Å². The van der Waals surface area contributed by atoms with Crippen LogP contribution in [0.25, 0.3) is 0 Å². The van der Waals surface area contributed by atoms with Crippen molar-refractivity contribution in [3.05, 3.63) is 29.3 Å². The number of rotatable bonds is 4. The molecule has 0 aromatic heterocycles. The van der Waals surface area contributed by atoms with Crippen LogP contribution in [0.5, 0.6) is 0 Å². The van der Waals surface area contributed by atoms with E-state index in [-0.39, 0.29) is 0 Å². The van der Waals surface area contributed by atoms with Gasteiger partial charge in [0, 0.05) is 13.1 Å². The summed E-state index contributed by atoms with van der Waals surface area (Å²) in [5, 5.41) is 4.23. The van der Waals surface area contributed by atoms with Crippen LogP contribution in [0.4, 0.5) is 5.69 Å². The summed E-state index contributed by atoms with van der Waals surface area (Å²) < 4.78 is 0. The Kier molecular flexibility index (Phi) is 5.12. The second-order valence-electron chi connectivity index (χ2n) is 6.27. The van der Waals surface area contributed by atoms with E-state index in [1.807, 2.05) is 24.3 Å². The molecule has 0 unspecified atom stereocenters.